The molecule has 0 bridgehead atoms. The lowest BCUT2D eigenvalue weighted by atomic mass is 10.2. The first-order chi connectivity index (χ1) is 8.76. The second-order valence-corrected chi connectivity index (χ2v) is 7.27. The van der Waals surface area contributed by atoms with Crippen LogP contribution in [0.25, 0.3) is 0 Å². The van der Waals surface area contributed by atoms with Crippen LogP contribution in [-0.4, -0.2) is 24.5 Å². The van der Waals surface area contributed by atoms with E-state index < -0.39 is 0 Å². The predicted octanol–water partition coefficient (Wildman–Crippen LogP) is 3.15. The molecular weight excluding hydrogens is 240 g/mol. The Hall–Kier alpha value is -0.380. The zero-order chi connectivity index (χ0) is 12.5. The molecular formula is C15H24N2S. The minimum Gasteiger partial charge on any atom is -0.315 e. The first-order valence-corrected chi connectivity index (χ1v) is 8.04. The number of thiophene rings is 1. The molecule has 1 heterocycles. The summed E-state index contributed by atoms with van der Waals surface area (Å²) in [6, 6.07) is 3.32. The number of hydrogen-bond donors (Lipinski definition) is 1. The number of nitrogens with one attached hydrogen (secondary N) is 1. The number of nitrogens with zero attached hydrogens (tertiary/aromatic N) is 1. The first kappa shape index (κ1) is 12.6. The fourth-order valence-corrected chi connectivity index (χ4v) is 3.70. The van der Waals surface area contributed by atoms with E-state index in [0.717, 1.165) is 18.5 Å². The lowest BCUT2D eigenvalue weighted by Crippen LogP contribution is -2.27. The molecule has 0 saturated heterocycles. The molecule has 2 fully saturated rings. The second kappa shape index (κ2) is 5.32. The van der Waals surface area contributed by atoms with Crippen LogP contribution >= 0.6 is 11.3 Å². The first-order valence-electron chi connectivity index (χ1n) is 7.23. The van der Waals surface area contributed by atoms with Crippen LogP contribution < -0.4 is 5.32 Å². The van der Waals surface area contributed by atoms with E-state index in [2.05, 4.69) is 23.2 Å². The molecule has 3 heteroatoms. The summed E-state index contributed by atoms with van der Waals surface area (Å²) < 4.78 is 0. The van der Waals surface area contributed by atoms with E-state index in [9.17, 15) is 0 Å². The third-order valence-electron chi connectivity index (χ3n) is 4.05. The molecule has 1 aromatic rings. The van der Waals surface area contributed by atoms with E-state index in [1.165, 1.54) is 48.5 Å². The largest absolute Gasteiger partial charge is 0.315 e. The van der Waals surface area contributed by atoms with Gasteiger partial charge in [-0.3, -0.25) is 4.90 Å². The van der Waals surface area contributed by atoms with Crippen LogP contribution in [-0.2, 0) is 13.1 Å². The summed E-state index contributed by atoms with van der Waals surface area (Å²) in [5.74, 6) is 1.02. The smallest absolute Gasteiger partial charge is 0.0296 e. The van der Waals surface area contributed by atoms with Crippen LogP contribution in [0.4, 0.5) is 0 Å². The third kappa shape index (κ3) is 3.14. The molecule has 0 aliphatic heterocycles. The van der Waals surface area contributed by atoms with Crippen molar-refractivity contribution in [3.8, 4) is 0 Å². The van der Waals surface area contributed by atoms with E-state index in [1.807, 2.05) is 18.4 Å². The van der Waals surface area contributed by atoms with Gasteiger partial charge in [0.1, 0.15) is 0 Å². The van der Waals surface area contributed by atoms with Gasteiger partial charge in [0.25, 0.3) is 0 Å². The standard InChI is InChI=1S/C15H24N2S/c1-11-13(7-15(18-11)8-16-2)10-17(14-5-6-14)9-12-3-4-12/h7,12,14,16H,3-6,8-10H2,1-2H3. The molecule has 100 valence electrons. The maximum absolute atomic E-state index is 3.25. The van der Waals surface area contributed by atoms with Gasteiger partial charge in [0.2, 0.25) is 0 Å². The van der Waals surface area contributed by atoms with Gasteiger partial charge in [-0.15, -0.1) is 11.3 Å². The van der Waals surface area contributed by atoms with E-state index in [0.29, 0.717) is 0 Å². The van der Waals surface area contributed by atoms with Gasteiger partial charge in [0.15, 0.2) is 0 Å². The summed E-state index contributed by atoms with van der Waals surface area (Å²) in [6.07, 6.45) is 5.80. The fraction of sp³-hybridized carbons (Fsp3) is 0.733. The Bertz CT molecular complexity index is 405. The molecule has 0 atom stereocenters. The van der Waals surface area contributed by atoms with Gasteiger partial charge in [0.05, 0.1) is 0 Å². The highest BCUT2D eigenvalue weighted by Gasteiger charge is 2.33. The van der Waals surface area contributed by atoms with Crippen molar-refractivity contribution in [1.29, 1.82) is 0 Å². The minimum absolute atomic E-state index is 0.901. The lowest BCUT2D eigenvalue weighted by Gasteiger charge is -2.21. The van der Waals surface area contributed by atoms with Crippen molar-refractivity contribution in [2.45, 2.75) is 51.7 Å². The summed E-state index contributed by atoms with van der Waals surface area (Å²) in [6.45, 7) is 5.83. The van der Waals surface area contributed by atoms with Gasteiger partial charge in [-0.25, -0.2) is 0 Å². The van der Waals surface area contributed by atoms with Gasteiger partial charge in [-0.1, -0.05) is 0 Å². The molecule has 2 aliphatic carbocycles. The van der Waals surface area contributed by atoms with Crippen LogP contribution in [0.15, 0.2) is 6.07 Å². The van der Waals surface area contributed by atoms with Crippen LogP contribution in [0.5, 0.6) is 0 Å². The monoisotopic (exact) mass is 264 g/mol. The fourth-order valence-electron chi connectivity index (χ4n) is 2.64. The van der Waals surface area contributed by atoms with Crippen LogP contribution in [0, 0.1) is 12.8 Å². The van der Waals surface area contributed by atoms with E-state index in [4.69, 9.17) is 0 Å². The van der Waals surface area contributed by atoms with Gasteiger partial charge < -0.3 is 5.32 Å². The van der Waals surface area contributed by atoms with Gasteiger partial charge in [0, 0.05) is 35.4 Å². The maximum atomic E-state index is 3.25. The Morgan fingerprint density at radius 1 is 1.33 bits per heavy atom. The Morgan fingerprint density at radius 3 is 2.72 bits per heavy atom. The van der Waals surface area contributed by atoms with E-state index in [1.54, 1.807) is 5.56 Å². The topological polar surface area (TPSA) is 15.3 Å². The zero-order valence-corrected chi connectivity index (χ0v) is 12.4. The molecule has 3 rings (SSSR count). The molecule has 1 aromatic heterocycles. The van der Waals surface area contributed by atoms with Gasteiger partial charge >= 0.3 is 0 Å². The normalized spacial score (nSPS) is 19.7. The van der Waals surface area contributed by atoms with Crippen molar-refractivity contribution >= 4 is 11.3 Å². The molecule has 0 unspecified atom stereocenters. The second-order valence-electron chi connectivity index (χ2n) is 5.93. The SMILES string of the molecule is CNCc1cc(CN(CC2CC2)C2CC2)c(C)s1. The molecule has 0 radical (unpaired) electrons. The summed E-state index contributed by atoms with van der Waals surface area (Å²) in [5, 5.41) is 3.25. The minimum atomic E-state index is 0.901. The van der Waals surface area contributed by atoms with Crippen LogP contribution in [0.3, 0.4) is 0 Å². The molecule has 0 spiro atoms. The number of aryl methyl sites for hydroxylation is 1. The van der Waals surface area contributed by atoms with Gasteiger partial charge in [-0.05, 0) is 57.2 Å². The summed E-state index contributed by atoms with van der Waals surface area (Å²) in [4.78, 5) is 5.74. The van der Waals surface area contributed by atoms with E-state index in [-0.39, 0.29) is 0 Å². The van der Waals surface area contributed by atoms with Crippen molar-refractivity contribution in [2.75, 3.05) is 13.6 Å². The zero-order valence-electron chi connectivity index (χ0n) is 11.5. The molecule has 1 N–H and O–H groups in total. The highest BCUT2D eigenvalue weighted by atomic mass is 32.1. The molecule has 18 heavy (non-hydrogen) atoms. The van der Waals surface area contributed by atoms with Crippen molar-refractivity contribution in [1.82, 2.24) is 10.2 Å². The molecule has 0 aromatic carbocycles. The Kier molecular flexibility index (Phi) is 3.73. The van der Waals surface area contributed by atoms with Crippen molar-refractivity contribution in [3.05, 3.63) is 21.4 Å². The maximum Gasteiger partial charge on any atom is 0.0296 e. The highest BCUT2D eigenvalue weighted by molar-refractivity contribution is 7.12. The Labute approximate surface area is 114 Å². The average molecular weight is 264 g/mol. The van der Waals surface area contributed by atoms with Crippen molar-refractivity contribution in [3.63, 3.8) is 0 Å². The number of rotatable bonds is 7. The quantitative estimate of drug-likeness (QED) is 0.814. The number of hydrogen-bond acceptors (Lipinski definition) is 3. The summed E-state index contributed by atoms with van der Waals surface area (Å²) in [7, 11) is 2.03. The predicted molar refractivity (Wildman–Crippen MR) is 78.0 cm³/mol. The lowest BCUT2D eigenvalue weighted by molar-refractivity contribution is 0.244. The molecule has 0 amide bonds. The highest BCUT2D eigenvalue weighted by Crippen LogP contribution is 2.36. The van der Waals surface area contributed by atoms with Crippen molar-refractivity contribution < 1.29 is 0 Å². The summed E-state index contributed by atoms with van der Waals surface area (Å²) in [5.41, 5.74) is 1.57. The van der Waals surface area contributed by atoms with Crippen LogP contribution in [0.2, 0.25) is 0 Å². The molecule has 2 saturated carbocycles. The summed E-state index contributed by atoms with van der Waals surface area (Å²) >= 11 is 1.96. The van der Waals surface area contributed by atoms with Crippen LogP contribution in [0.1, 0.15) is 41.0 Å². The Balaban J connectivity index is 1.64. The third-order valence-corrected chi connectivity index (χ3v) is 5.14. The molecule has 2 nitrogen and oxygen atoms in total. The Morgan fingerprint density at radius 2 is 2.11 bits per heavy atom. The van der Waals surface area contributed by atoms with Gasteiger partial charge in [-0.2, -0.15) is 0 Å². The molecule has 2 aliphatic rings. The van der Waals surface area contributed by atoms with Crippen molar-refractivity contribution in [2.24, 2.45) is 5.92 Å². The average Bonchev–Trinajstić information content (AvgIpc) is 3.22. The van der Waals surface area contributed by atoms with E-state index >= 15 is 0 Å².